The van der Waals surface area contributed by atoms with Crippen LogP contribution in [0.1, 0.15) is 24.6 Å². The van der Waals surface area contributed by atoms with Gasteiger partial charge in [-0.05, 0) is 49.5 Å². The Hall–Kier alpha value is -2.40. The monoisotopic (exact) mass is 366 g/mol. The number of carbonyl (C=O) groups excluding carboxylic acids is 1. The Morgan fingerprint density at radius 1 is 1.22 bits per heavy atom. The SMILES string of the molecule is CN1CC[C@@](C)(CNC(=O)N(CCc2ccccc2)Cc2ccccn2)C1. The highest BCUT2D eigenvalue weighted by Gasteiger charge is 2.32. The summed E-state index contributed by atoms with van der Waals surface area (Å²) in [6.07, 6.45) is 3.73. The maximum absolute atomic E-state index is 12.9. The molecule has 0 radical (unpaired) electrons. The number of likely N-dealkylation sites (tertiary alicyclic amines) is 1. The van der Waals surface area contributed by atoms with E-state index in [4.69, 9.17) is 0 Å². The van der Waals surface area contributed by atoms with Crippen LogP contribution in [-0.4, -0.2) is 54.0 Å². The summed E-state index contributed by atoms with van der Waals surface area (Å²) in [6.45, 7) is 6.28. The Kier molecular flexibility index (Phi) is 6.45. The first-order chi connectivity index (χ1) is 13.0. The Balaban J connectivity index is 1.61. The summed E-state index contributed by atoms with van der Waals surface area (Å²) in [7, 11) is 2.14. The van der Waals surface area contributed by atoms with E-state index in [1.807, 2.05) is 41.3 Å². The molecule has 1 aliphatic heterocycles. The first-order valence-corrected chi connectivity index (χ1v) is 9.69. The Bertz CT molecular complexity index is 722. The third kappa shape index (κ3) is 5.79. The summed E-state index contributed by atoms with van der Waals surface area (Å²) in [5, 5.41) is 3.17. The Labute approximate surface area is 162 Å². The van der Waals surface area contributed by atoms with Gasteiger partial charge in [0.25, 0.3) is 0 Å². The van der Waals surface area contributed by atoms with Crippen molar-refractivity contribution in [2.75, 3.05) is 33.2 Å². The van der Waals surface area contributed by atoms with E-state index in [1.54, 1.807) is 6.20 Å². The van der Waals surface area contributed by atoms with E-state index in [0.29, 0.717) is 19.6 Å². The second-order valence-electron chi connectivity index (χ2n) is 7.94. The molecule has 1 aliphatic rings. The second kappa shape index (κ2) is 9.00. The molecule has 0 saturated carbocycles. The summed E-state index contributed by atoms with van der Waals surface area (Å²) in [4.78, 5) is 21.5. The molecule has 1 aromatic carbocycles. The van der Waals surface area contributed by atoms with Crippen LogP contribution >= 0.6 is 0 Å². The molecule has 3 rings (SSSR count). The molecule has 5 heteroatoms. The van der Waals surface area contributed by atoms with Crippen molar-refractivity contribution in [3.63, 3.8) is 0 Å². The molecule has 1 fully saturated rings. The van der Waals surface area contributed by atoms with Crippen LogP contribution < -0.4 is 5.32 Å². The molecule has 2 amide bonds. The van der Waals surface area contributed by atoms with E-state index >= 15 is 0 Å². The molecule has 2 aromatic rings. The van der Waals surface area contributed by atoms with Gasteiger partial charge in [0, 0.05) is 25.8 Å². The van der Waals surface area contributed by atoms with Gasteiger partial charge in [-0.3, -0.25) is 4.98 Å². The number of hydrogen-bond acceptors (Lipinski definition) is 3. The lowest BCUT2D eigenvalue weighted by molar-refractivity contribution is 0.187. The van der Waals surface area contributed by atoms with Crippen molar-refractivity contribution in [3.05, 3.63) is 66.0 Å². The van der Waals surface area contributed by atoms with Crippen LogP contribution in [0.25, 0.3) is 0 Å². The number of urea groups is 1. The van der Waals surface area contributed by atoms with E-state index in [-0.39, 0.29) is 11.4 Å². The minimum absolute atomic E-state index is 0.00707. The fourth-order valence-electron chi connectivity index (χ4n) is 3.66. The highest BCUT2D eigenvalue weighted by atomic mass is 16.2. The zero-order valence-corrected chi connectivity index (χ0v) is 16.4. The first kappa shape index (κ1) is 19.4. The van der Waals surface area contributed by atoms with Gasteiger partial charge in [0.2, 0.25) is 0 Å². The van der Waals surface area contributed by atoms with Crippen molar-refractivity contribution in [2.45, 2.75) is 26.3 Å². The quantitative estimate of drug-likeness (QED) is 0.819. The molecule has 0 unspecified atom stereocenters. The number of nitrogens with zero attached hydrogens (tertiary/aromatic N) is 3. The third-order valence-corrected chi connectivity index (χ3v) is 5.29. The van der Waals surface area contributed by atoms with Crippen LogP contribution in [0.2, 0.25) is 0 Å². The summed E-state index contributed by atoms with van der Waals surface area (Å²) in [5.41, 5.74) is 2.30. The number of benzene rings is 1. The van der Waals surface area contributed by atoms with Crippen molar-refractivity contribution in [1.29, 1.82) is 0 Å². The molecule has 5 nitrogen and oxygen atoms in total. The molecule has 0 aliphatic carbocycles. The van der Waals surface area contributed by atoms with Crippen molar-refractivity contribution < 1.29 is 4.79 Å². The smallest absolute Gasteiger partial charge is 0.317 e. The lowest BCUT2D eigenvalue weighted by Crippen LogP contribution is -2.45. The fourth-order valence-corrected chi connectivity index (χ4v) is 3.66. The maximum Gasteiger partial charge on any atom is 0.317 e. The number of rotatable bonds is 7. The molecular weight excluding hydrogens is 336 g/mol. The van der Waals surface area contributed by atoms with Crippen LogP contribution in [0.15, 0.2) is 54.7 Å². The van der Waals surface area contributed by atoms with E-state index in [1.165, 1.54) is 5.56 Å². The van der Waals surface area contributed by atoms with E-state index < -0.39 is 0 Å². The van der Waals surface area contributed by atoms with Gasteiger partial charge in [-0.25, -0.2) is 4.79 Å². The predicted molar refractivity (Wildman–Crippen MR) is 108 cm³/mol. The maximum atomic E-state index is 12.9. The topological polar surface area (TPSA) is 48.5 Å². The number of pyridine rings is 1. The lowest BCUT2D eigenvalue weighted by Gasteiger charge is -2.28. The number of nitrogens with one attached hydrogen (secondary N) is 1. The second-order valence-corrected chi connectivity index (χ2v) is 7.94. The van der Waals surface area contributed by atoms with Crippen LogP contribution in [0.4, 0.5) is 4.79 Å². The predicted octanol–water partition coefficient (Wildman–Crippen LogP) is 3.18. The lowest BCUT2D eigenvalue weighted by atomic mass is 9.90. The van der Waals surface area contributed by atoms with Crippen molar-refractivity contribution in [2.24, 2.45) is 5.41 Å². The van der Waals surface area contributed by atoms with Crippen molar-refractivity contribution in [3.8, 4) is 0 Å². The van der Waals surface area contributed by atoms with Crippen LogP contribution in [0.5, 0.6) is 0 Å². The minimum atomic E-state index is -0.00707. The van der Waals surface area contributed by atoms with Crippen LogP contribution in [0, 0.1) is 5.41 Å². The first-order valence-electron chi connectivity index (χ1n) is 9.69. The standard InChI is InChI=1S/C22H30N4O/c1-22(12-15-25(2)18-22)17-24-21(27)26(16-20-10-6-7-13-23-20)14-11-19-8-4-3-5-9-19/h3-10,13H,11-12,14-18H2,1-2H3,(H,24,27)/t22-/m0/s1. The van der Waals surface area contributed by atoms with Gasteiger partial charge in [-0.1, -0.05) is 43.3 Å². The molecule has 27 heavy (non-hydrogen) atoms. The van der Waals surface area contributed by atoms with E-state index in [2.05, 4.69) is 41.3 Å². The normalized spacial score (nSPS) is 19.8. The van der Waals surface area contributed by atoms with E-state index in [9.17, 15) is 4.79 Å². The van der Waals surface area contributed by atoms with Crippen molar-refractivity contribution >= 4 is 6.03 Å². The highest BCUT2D eigenvalue weighted by Crippen LogP contribution is 2.27. The molecule has 144 valence electrons. The molecule has 0 spiro atoms. The van der Waals surface area contributed by atoms with Gasteiger partial charge in [-0.15, -0.1) is 0 Å². The summed E-state index contributed by atoms with van der Waals surface area (Å²) < 4.78 is 0. The molecule has 1 aromatic heterocycles. The Morgan fingerprint density at radius 3 is 2.67 bits per heavy atom. The number of aromatic nitrogens is 1. The van der Waals surface area contributed by atoms with Gasteiger partial charge in [0.1, 0.15) is 0 Å². The zero-order valence-electron chi connectivity index (χ0n) is 16.4. The van der Waals surface area contributed by atoms with Gasteiger partial charge in [0.15, 0.2) is 0 Å². The number of hydrogen-bond donors (Lipinski definition) is 1. The van der Waals surface area contributed by atoms with Crippen LogP contribution in [0.3, 0.4) is 0 Å². The van der Waals surface area contributed by atoms with Gasteiger partial charge in [0.05, 0.1) is 12.2 Å². The zero-order chi connectivity index (χ0) is 19.1. The van der Waals surface area contributed by atoms with Gasteiger partial charge in [-0.2, -0.15) is 0 Å². The molecule has 1 N–H and O–H groups in total. The number of carbonyl (C=O) groups is 1. The summed E-state index contributed by atoms with van der Waals surface area (Å²) >= 11 is 0. The molecule has 1 saturated heterocycles. The summed E-state index contributed by atoms with van der Waals surface area (Å²) in [6, 6.07) is 16.1. The van der Waals surface area contributed by atoms with E-state index in [0.717, 1.165) is 31.6 Å². The molecule has 0 bridgehead atoms. The summed E-state index contributed by atoms with van der Waals surface area (Å²) in [5.74, 6) is 0. The van der Waals surface area contributed by atoms with Gasteiger partial charge < -0.3 is 15.1 Å². The third-order valence-electron chi connectivity index (χ3n) is 5.29. The average Bonchev–Trinajstić information content (AvgIpc) is 3.04. The van der Waals surface area contributed by atoms with Crippen molar-refractivity contribution in [1.82, 2.24) is 20.1 Å². The Morgan fingerprint density at radius 2 is 2.00 bits per heavy atom. The minimum Gasteiger partial charge on any atom is -0.337 e. The van der Waals surface area contributed by atoms with Gasteiger partial charge >= 0.3 is 6.03 Å². The molecule has 2 heterocycles. The number of amides is 2. The highest BCUT2D eigenvalue weighted by molar-refractivity contribution is 5.74. The fraction of sp³-hybridized carbons (Fsp3) is 0.455. The van der Waals surface area contributed by atoms with Crippen LogP contribution in [-0.2, 0) is 13.0 Å². The average molecular weight is 367 g/mol. The molecular formula is C22H30N4O. The molecule has 1 atom stereocenters. The largest absolute Gasteiger partial charge is 0.337 e.